The number of rotatable bonds is 6. The first-order chi connectivity index (χ1) is 15.0. The molecule has 0 radical (unpaired) electrons. The standard InChI is InChI=1S/C22H27FN4O2S2/c1-24-21(30)25-12-17-13-27(22(28)29-17)16-4-5-19(20(23)11-16)15-6-8-26(9-7-15)14-18-3-2-10-31-18/h2-5,10-11,15,17H,6-9,12-14H2,1H3,(H2,24,25,30). The number of hydrogen-bond acceptors (Lipinski definition) is 5. The number of nitrogens with zero attached hydrogens (tertiary/aromatic N) is 2. The summed E-state index contributed by atoms with van der Waals surface area (Å²) >= 11 is 6.82. The van der Waals surface area contributed by atoms with Crippen LogP contribution in [-0.2, 0) is 11.3 Å². The van der Waals surface area contributed by atoms with Crippen LogP contribution >= 0.6 is 23.6 Å². The number of thiophene rings is 1. The monoisotopic (exact) mass is 462 g/mol. The molecule has 2 aromatic rings. The van der Waals surface area contributed by atoms with Gasteiger partial charge in [-0.3, -0.25) is 9.80 Å². The number of thiocarbonyl (C=S) groups is 1. The number of likely N-dealkylation sites (tertiary alicyclic amines) is 1. The summed E-state index contributed by atoms with van der Waals surface area (Å²) in [4.78, 5) is 17.5. The summed E-state index contributed by atoms with van der Waals surface area (Å²) in [5.74, 6) is -0.0430. The average molecular weight is 463 g/mol. The van der Waals surface area contributed by atoms with Gasteiger partial charge < -0.3 is 15.4 Å². The fourth-order valence-corrected chi connectivity index (χ4v) is 5.00. The van der Waals surface area contributed by atoms with E-state index in [0.717, 1.165) is 38.0 Å². The van der Waals surface area contributed by atoms with Gasteiger partial charge in [0.1, 0.15) is 11.9 Å². The Morgan fingerprint density at radius 3 is 2.81 bits per heavy atom. The summed E-state index contributed by atoms with van der Waals surface area (Å²) in [7, 11) is 1.72. The third-order valence-corrected chi connectivity index (χ3v) is 7.08. The quantitative estimate of drug-likeness (QED) is 0.639. The van der Waals surface area contributed by atoms with Gasteiger partial charge in [0.15, 0.2) is 5.11 Å². The van der Waals surface area contributed by atoms with Crippen LogP contribution in [0.4, 0.5) is 14.9 Å². The van der Waals surface area contributed by atoms with Crippen molar-refractivity contribution in [2.75, 3.05) is 38.1 Å². The summed E-state index contributed by atoms with van der Waals surface area (Å²) < 4.78 is 20.4. The van der Waals surface area contributed by atoms with E-state index in [9.17, 15) is 9.18 Å². The molecule has 4 rings (SSSR count). The van der Waals surface area contributed by atoms with Crippen LogP contribution in [0.1, 0.15) is 29.2 Å². The van der Waals surface area contributed by atoms with E-state index in [-0.39, 0.29) is 17.8 Å². The Bertz CT molecular complexity index is 916. The van der Waals surface area contributed by atoms with Gasteiger partial charge in [0.2, 0.25) is 0 Å². The number of amides is 1. The van der Waals surface area contributed by atoms with Gasteiger partial charge in [0.05, 0.1) is 18.8 Å². The van der Waals surface area contributed by atoms with Gasteiger partial charge in [-0.25, -0.2) is 9.18 Å². The normalized spacial score (nSPS) is 20.0. The van der Waals surface area contributed by atoms with Gasteiger partial charge in [0, 0.05) is 18.5 Å². The van der Waals surface area contributed by atoms with Crippen molar-refractivity contribution in [2.45, 2.75) is 31.4 Å². The van der Waals surface area contributed by atoms with Gasteiger partial charge >= 0.3 is 6.09 Å². The number of ether oxygens (including phenoxy) is 1. The Balaban J connectivity index is 1.34. The van der Waals surface area contributed by atoms with Crippen LogP contribution in [0.25, 0.3) is 0 Å². The van der Waals surface area contributed by atoms with Crippen molar-refractivity contribution in [1.82, 2.24) is 15.5 Å². The molecule has 0 aliphatic carbocycles. The number of carbonyl (C=O) groups is 1. The minimum Gasteiger partial charge on any atom is -0.442 e. The molecule has 1 aromatic heterocycles. The molecule has 2 saturated heterocycles. The second-order valence-corrected chi connectivity index (χ2v) is 9.35. The lowest BCUT2D eigenvalue weighted by molar-refractivity contribution is 0.143. The lowest BCUT2D eigenvalue weighted by atomic mass is 9.89. The number of cyclic esters (lactones) is 1. The van der Waals surface area contributed by atoms with Gasteiger partial charge in [0.25, 0.3) is 0 Å². The summed E-state index contributed by atoms with van der Waals surface area (Å²) in [6.07, 6.45) is 1.07. The molecule has 1 aromatic carbocycles. The molecule has 0 saturated carbocycles. The van der Waals surface area contributed by atoms with Crippen LogP contribution in [0.2, 0.25) is 0 Å². The Labute approximate surface area is 191 Å². The molecular weight excluding hydrogens is 435 g/mol. The first-order valence-corrected chi connectivity index (χ1v) is 11.8. The Morgan fingerprint density at radius 1 is 1.32 bits per heavy atom. The highest BCUT2D eigenvalue weighted by atomic mass is 32.1. The topological polar surface area (TPSA) is 56.8 Å². The zero-order chi connectivity index (χ0) is 21.8. The third-order valence-electron chi connectivity index (χ3n) is 5.87. The predicted molar refractivity (Wildman–Crippen MR) is 125 cm³/mol. The van der Waals surface area contributed by atoms with Crippen molar-refractivity contribution < 1.29 is 13.9 Å². The largest absolute Gasteiger partial charge is 0.442 e. The summed E-state index contributed by atoms with van der Waals surface area (Å²) in [6, 6.07) is 9.36. The van der Waals surface area contributed by atoms with Crippen LogP contribution in [0, 0.1) is 5.82 Å². The number of anilines is 1. The summed E-state index contributed by atoms with van der Waals surface area (Å²) in [5, 5.41) is 8.40. The van der Waals surface area contributed by atoms with E-state index < -0.39 is 6.09 Å². The average Bonchev–Trinajstić information content (AvgIpc) is 3.42. The minimum atomic E-state index is -0.462. The lowest BCUT2D eigenvalue weighted by Crippen LogP contribution is -2.39. The molecule has 1 amide bonds. The highest BCUT2D eigenvalue weighted by Gasteiger charge is 2.33. The maximum Gasteiger partial charge on any atom is 0.414 e. The zero-order valence-electron chi connectivity index (χ0n) is 17.5. The van der Waals surface area contributed by atoms with Crippen molar-refractivity contribution in [2.24, 2.45) is 0 Å². The number of carbonyl (C=O) groups excluding carboxylic acids is 1. The van der Waals surface area contributed by atoms with Crippen molar-refractivity contribution in [3.8, 4) is 0 Å². The van der Waals surface area contributed by atoms with E-state index >= 15 is 0 Å². The molecule has 1 atom stereocenters. The molecule has 0 spiro atoms. The maximum absolute atomic E-state index is 15.0. The lowest BCUT2D eigenvalue weighted by Gasteiger charge is -2.32. The molecule has 2 fully saturated rings. The van der Waals surface area contributed by atoms with Crippen LogP contribution in [0.5, 0.6) is 0 Å². The molecule has 6 nitrogen and oxygen atoms in total. The van der Waals surface area contributed by atoms with Crippen molar-refractivity contribution >= 4 is 40.4 Å². The van der Waals surface area contributed by atoms with E-state index in [0.29, 0.717) is 23.9 Å². The first-order valence-electron chi connectivity index (χ1n) is 10.5. The van der Waals surface area contributed by atoms with Gasteiger partial charge in [-0.2, -0.15) is 0 Å². The first kappa shape index (κ1) is 22.0. The molecule has 2 aliphatic heterocycles. The molecule has 2 N–H and O–H groups in total. The van der Waals surface area contributed by atoms with Crippen molar-refractivity contribution in [3.05, 3.63) is 52.0 Å². The highest BCUT2D eigenvalue weighted by Crippen LogP contribution is 2.33. The maximum atomic E-state index is 15.0. The molecule has 166 valence electrons. The second-order valence-electron chi connectivity index (χ2n) is 7.91. The van der Waals surface area contributed by atoms with Gasteiger partial charge in [-0.05, 0) is 73.2 Å². The van der Waals surface area contributed by atoms with Gasteiger partial charge in [-0.1, -0.05) is 12.1 Å². The SMILES string of the molecule is CNC(=S)NCC1CN(c2ccc(C3CCN(Cc4cccs4)CC3)c(F)c2)C(=O)O1. The Hall–Kier alpha value is -2.23. The van der Waals surface area contributed by atoms with E-state index in [1.54, 1.807) is 18.4 Å². The Morgan fingerprint density at radius 2 is 2.13 bits per heavy atom. The van der Waals surface area contributed by atoms with E-state index in [4.69, 9.17) is 17.0 Å². The fraction of sp³-hybridized carbons (Fsp3) is 0.455. The number of nitrogens with one attached hydrogen (secondary N) is 2. The minimum absolute atomic E-state index is 0.207. The smallest absolute Gasteiger partial charge is 0.414 e. The molecule has 9 heteroatoms. The Kier molecular flexibility index (Phi) is 7.04. The van der Waals surface area contributed by atoms with Crippen LogP contribution in [0.15, 0.2) is 35.7 Å². The molecular formula is C22H27FN4O2S2. The second kappa shape index (κ2) is 9.93. The zero-order valence-corrected chi connectivity index (χ0v) is 19.1. The number of piperidine rings is 1. The molecule has 2 aliphatic rings. The number of halogens is 1. The number of hydrogen-bond donors (Lipinski definition) is 2. The van der Waals surface area contributed by atoms with E-state index in [1.807, 2.05) is 12.1 Å². The molecule has 1 unspecified atom stereocenters. The molecule has 3 heterocycles. The van der Waals surface area contributed by atoms with E-state index in [2.05, 4.69) is 33.0 Å². The molecule has 31 heavy (non-hydrogen) atoms. The van der Waals surface area contributed by atoms with Crippen LogP contribution in [0.3, 0.4) is 0 Å². The number of benzene rings is 1. The third kappa shape index (κ3) is 5.34. The predicted octanol–water partition coefficient (Wildman–Crippen LogP) is 3.69. The van der Waals surface area contributed by atoms with E-state index in [1.165, 1.54) is 15.8 Å². The van der Waals surface area contributed by atoms with Crippen LogP contribution in [-0.4, -0.2) is 55.4 Å². The van der Waals surface area contributed by atoms with Crippen LogP contribution < -0.4 is 15.5 Å². The fourth-order valence-electron chi connectivity index (χ4n) is 4.17. The molecule has 0 bridgehead atoms. The summed E-state index contributed by atoms with van der Waals surface area (Å²) in [5.41, 5.74) is 1.27. The summed E-state index contributed by atoms with van der Waals surface area (Å²) in [6.45, 7) is 3.67. The highest BCUT2D eigenvalue weighted by molar-refractivity contribution is 7.80. The van der Waals surface area contributed by atoms with Crippen molar-refractivity contribution in [1.29, 1.82) is 0 Å². The van der Waals surface area contributed by atoms with Crippen molar-refractivity contribution in [3.63, 3.8) is 0 Å². The van der Waals surface area contributed by atoms with Gasteiger partial charge in [-0.15, -0.1) is 11.3 Å².